The maximum absolute atomic E-state index is 5.55. The van der Waals surface area contributed by atoms with E-state index in [9.17, 15) is 0 Å². The summed E-state index contributed by atoms with van der Waals surface area (Å²) in [5.74, 6) is 0.481. The molecule has 1 aromatic rings. The van der Waals surface area contributed by atoms with E-state index in [2.05, 4.69) is 29.4 Å². The molecule has 2 fully saturated rings. The molecular weight excluding hydrogens is 270 g/mol. The predicted molar refractivity (Wildman–Crippen MR) is 81.0 cm³/mol. The lowest BCUT2D eigenvalue weighted by molar-refractivity contribution is 0.00414. The lowest BCUT2D eigenvalue weighted by Crippen LogP contribution is -2.44. The van der Waals surface area contributed by atoms with Gasteiger partial charge >= 0.3 is 0 Å². The second-order valence-corrected chi connectivity index (χ2v) is 7.58. The van der Waals surface area contributed by atoms with E-state index < -0.39 is 0 Å². The van der Waals surface area contributed by atoms with Crippen molar-refractivity contribution in [3.05, 3.63) is 10.0 Å². The molecule has 0 unspecified atom stereocenters. The fraction of sp³-hybridized carbons (Fsp3) is 0.867. The van der Waals surface area contributed by atoms with Gasteiger partial charge in [0.1, 0.15) is 10.0 Å². The zero-order valence-electron chi connectivity index (χ0n) is 12.5. The van der Waals surface area contributed by atoms with Gasteiger partial charge in [0, 0.05) is 31.7 Å². The first-order valence-corrected chi connectivity index (χ1v) is 8.65. The van der Waals surface area contributed by atoms with Gasteiger partial charge in [-0.3, -0.25) is 0 Å². The van der Waals surface area contributed by atoms with Crippen LogP contribution >= 0.6 is 11.3 Å². The van der Waals surface area contributed by atoms with Crippen molar-refractivity contribution in [3.63, 3.8) is 0 Å². The van der Waals surface area contributed by atoms with Gasteiger partial charge in [0.05, 0.1) is 0 Å². The number of nitrogens with zero attached hydrogens (tertiary/aromatic N) is 2. The number of rotatable bonds is 4. The van der Waals surface area contributed by atoms with Crippen LogP contribution in [0.4, 0.5) is 0 Å². The first-order valence-electron chi connectivity index (χ1n) is 7.83. The molecule has 112 valence electrons. The second kappa shape index (κ2) is 6.08. The van der Waals surface area contributed by atoms with Gasteiger partial charge in [-0.2, -0.15) is 0 Å². The fourth-order valence-corrected chi connectivity index (χ4v) is 4.41. The van der Waals surface area contributed by atoms with Gasteiger partial charge in [-0.05, 0) is 31.1 Å². The number of hydrogen-bond acceptors (Lipinski definition) is 5. The van der Waals surface area contributed by atoms with Crippen LogP contribution in [0.15, 0.2) is 0 Å². The van der Waals surface area contributed by atoms with E-state index in [1.54, 1.807) is 11.3 Å². The third-order valence-corrected chi connectivity index (χ3v) is 6.10. The summed E-state index contributed by atoms with van der Waals surface area (Å²) < 4.78 is 5.55. The minimum Gasteiger partial charge on any atom is -0.381 e. The summed E-state index contributed by atoms with van der Waals surface area (Å²) in [7, 11) is 0. The molecule has 2 aliphatic rings. The molecule has 1 aliphatic heterocycles. The summed E-state index contributed by atoms with van der Waals surface area (Å²) in [6.45, 7) is 7.10. The molecular formula is C15H25N3OS. The third kappa shape index (κ3) is 2.90. The Morgan fingerprint density at radius 1 is 1.30 bits per heavy atom. The van der Waals surface area contributed by atoms with E-state index in [-0.39, 0.29) is 0 Å². The molecule has 0 amide bonds. The molecule has 1 N–H and O–H groups in total. The molecule has 20 heavy (non-hydrogen) atoms. The molecule has 1 aromatic heterocycles. The quantitative estimate of drug-likeness (QED) is 0.927. The highest BCUT2D eigenvalue weighted by Crippen LogP contribution is 2.46. The Hall–Kier alpha value is -0.520. The average molecular weight is 295 g/mol. The maximum Gasteiger partial charge on any atom is 0.131 e. The van der Waals surface area contributed by atoms with Gasteiger partial charge < -0.3 is 10.1 Å². The van der Waals surface area contributed by atoms with Crippen LogP contribution in [0.3, 0.4) is 0 Å². The number of hydrogen-bond donors (Lipinski definition) is 1. The van der Waals surface area contributed by atoms with E-state index in [1.807, 2.05) is 0 Å². The normalized spacial score (nSPS) is 25.6. The van der Waals surface area contributed by atoms with Crippen molar-refractivity contribution >= 4 is 11.3 Å². The molecule has 1 aliphatic carbocycles. The highest BCUT2D eigenvalue weighted by Gasteiger charge is 2.43. The largest absolute Gasteiger partial charge is 0.381 e. The van der Waals surface area contributed by atoms with Gasteiger partial charge in [0.25, 0.3) is 0 Å². The van der Waals surface area contributed by atoms with Crippen molar-refractivity contribution in [2.45, 2.75) is 64.5 Å². The van der Waals surface area contributed by atoms with Crippen LogP contribution in [0.5, 0.6) is 0 Å². The van der Waals surface area contributed by atoms with Gasteiger partial charge in [-0.1, -0.05) is 31.6 Å². The minimum absolute atomic E-state index is 0.481. The summed E-state index contributed by atoms with van der Waals surface area (Å²) in [4.78, 5) is 0. The monoisotopic (exact) mass is 295 g/mol. The molecule has 1 saturated heterocycles. The highest BCUT2D eigenvalue weighted by molar-refractivity contribution is 7.11. The summed E-state index contributed by atoms with van der Waals surface area (Å²) >= 11 is 1.75. The first kappa shape index (κ1) is 14.4. The van der Waals surface area contributed by atoms with E-state index >= 15 is 0 Å². The zero-order chi connectivity index (χ0) is 14.0. The lowest BCUT2D eigenvalue weighted by atomic mass is 9.75. The summed E-state index contributed by atoms with van der Waals surface area (Å²) in [6.07, 6.45) is 6.46. The first-order chi connectivity index (χ1) is 9.70. The zero-order valence-corrected chi connectivity index (χ0v) is 13.3. The Morgan fingerprint density at radius 2 is 2.10 bits per heavy atom. The van der Waals surface area contributed by atoms with E-state index in [4.69, 9.17) is 4.74 Å². The third-order valence-electron chi connectivity index (χ3n) is 4.87. The summed E-state index contributed by atoms with van der Waals surface area (Å²) in [5.41, 5.74) is 0.490. The minimum atomic E-state index is 0.481. The molecule has 1 atom stereocenters. The van der Waals surface area contributed by atoms with Crippen molar-refractivity contribution in [1.29, 1.82) is 0 Å². The van der Waals surface area contributed by atoms with Gasteiger partial charge in [0.15, 0.2) is 0 Å². The van der Waals surface area contributed by atoms with Crippen molar-refractivity contribution in [2.24, 2.45) is 5.41 Å². The van der Waals surface area contributed by atoms with E-state index in [0.29, 0.717) is 17.4 Å². The van der Waals surface area contributed by atoms with Crippen molar-refractivity contribution in [3.8, 4) is 0 Å². The number of nitrogens with one attached hydrogen (secondary N) is 1. The standard InChI is InChI=1S/C15H25N3OS/c1-11(2)14-18-17-13(20-14)10-16-12-4-3-5-15(12)6-8-19-9-7-15/h11-12,16H,3-10H2,1-2H3/t12-/m0/s1. The number of ether oxygens (including phenoxy) is 1. The van der Waals surface area contributed by atoms with Crippen LogP contribution in [0.2, 0.25) is 0 Å². The second-order valence-electron chi connectivity index (χ2n) is 6.49. The lowest BCUT2D eigenvalue weighted by Gasteiger charge is -2.39. The highest BCUT2D eigenvalue weighted by atomic mass is 32.1. The Kier molecular flexibility index (Phi) is 4.38. The Balaban J connectivity index is 1.59. The van der Waals surface area contributed by atoms with Crippen LogP contribution in [-0.2, 0) is 11.3 Å². The molecule has 0 aromatic carbocycles. The van der Waals surface area contributed by atoms with Crippen LogP contribution in [-0.4, -0.2) is 29.5 Å². The summed E-state index contributed by atoms with van der Waals surface area (Å²) in [6, 6.07) is 0.637. The Bertz CT molecular complexity index is 440. The van der Waals surface area contributed by atoms with Gasteiger partial charge in [0.2, 0.25) is 0 Å². The molecule has 0 bridgehead atoms. The van der Waals surface area contributed by atoms with Crippen LogP contribution in [0.25, 0.3) is 0 Å². The van der Waals surface area contributed by atoms with Crippen LogP contribution in [0.1, 0.15) is 61.9 Å². The van der Waals surface area contributed by atoms with E-state index in [0.717, 1.165) is 29.8 Å². The molecule has 2 heterocycles. The predicted octanol–water partition coefficient (Wildman–Crippen LogP) is 3.10. The fourth-order valence-electron chi connectivity index (χ4n) is 3.62. The molecule has 1 saturated carbocycles. The van der Waals surface area contributed by atoms with Gasteiger partial charge in [-0.15, -0.1) is 10.2 Å². The maximum atomic E-state index is 5.55. The number of aromatic nitrogens is 2. The average Bonchev–Trinajstić information content (AvgIpc) is 3.05. The molecule has 5 heteroatoms. The smallest absolute Gasteiger partial charge is 0.131 e. The molecule has 3 rings (SSSR count). The Labute approximate surface area is 125 Å². The van der Waals surface area contributed by atoms with Crippen molar-refractivity contribution < 1.29 is 4.74 Å². The SMILES string of the molecule is CC(C)c1nnc(CN[C@H]2CCCC23CCOCC3)s1. The molecule has 4 nitrogen and oxygen atoms in total. The van der Waals surface area contributed by atoms with Crippen molar-refractivity contribution in [2.75, 3.05) is 13.2 Å². The van der Waals surface area contributed by atoms with E-state index in [1.165, 1.54) is 32.1 Å². The Morgan fingerprint density at radius 3 is 2.80 bits per heavy atom. The van der Waals surface area contributed by atoms with Gasteiger partial charge in [-0.25, -0.2) is 0 Å². The molecule has 0 radical (unpaired) electrons. The van der Waals surface area contributed by atoms with Crippen LogP contribution < -0.4 is 5.32 Å². The summed E-state index contributed by atoms with van der Waals surface area (Å²) in [5, 5.41) is 14.6. The van der Waals surface area contributed by atoms with Crippen molar-refractivity contribution in [1.82, 2.24) is 15.5 Å². The molecule has 1 spiro atoms. The van der Waals surface area contributed by atoms with Crippen LogP contribution in [0, 0.1) is 5.41 Å². The topological polar surface area (TPSA) is 47.0 Å².